The van der Waals surface area contributed by atoms with Crippen LogP contribution in [0.25, 0.3) is 0 Å². The Kier molecular flexibility index (Phi) is 6.61. The van der Waals surface area contributed by atoms with Gasteiger partial charge in [-0.2, -0.15) is 13.2 Å². The lowest BCUT2D eigenvalue weighted by Gasteiger charge is -2.13. The molecule has 0 aliphatic carbocycles. The summed E-state index contributed by atoms with van der Waals surface area (Å²) in [6.07, 6.45) is -2.28. The third kappa shape index (κ3) is 7.40. The molecule has 0 aliphatic heterocycles. The molecule has 0 fully saturated rings. The molecule has 1 atom stereocenters. The zero-order chi connectivity index (χ0) is 11.9. The van der Waals surface area contributed by atoms with Gasteiger partial charge in [-0.1, -0.05) is 26.7 Å². The molecule has 0 aromatic rings. The molecule has 4 heteroatoms. The van der Waals surface area contributed by atoms with Crippen LogP contribution in [0.1, 0.15) is 52.4 Å². The summed E-state index contributed by atoms with van der Waals surface area (Å²) in [7, 11) is 0. The largest absolute Gasteiger partial charge is 0.389 e. The molecular weight excluding hydrogens is 205 g/mol. The molecule has 0 saturated carbocycles. The molecule has 0 N–H and O–H groups in total. The Bertz CT molecular complexity index is 187. The summed E-state index contributed by atoms with van der Waals surface area (Å²) in [5.41, 5.74) is 0. The van der Waals surface area contributed by atoms with Crippen molar-refractivity contribution in [3.05, 3.63) is 0 Å². The average molecular weight is 224 g/mol. The van der Waals surface area contributed by atoms with Crippen molar-refractivity contribution in [1.82, 2.24) is 0 Å². The molecule has 0 aromatic carbocycles. The maximum atomic E-state index is 11.9. The van der Waals surface area contributed by atoms with Gasteiger partial charge < -0.3 is 0 Å². The van der Waals surface area contributed by atoms with Gasteiger partial charge in [0.1, 0.15) is 5.78 Å². The van der Waals surface area contributed by atoms with Crippen LogP contribution in [0.5, 0.6) is 0 Å². The van der Waals surface area contributed by atoms with Crippen molar-refractivity contribution >= 4 is 5.78 Å². The third-order valence-corrected chi connectivity index (χ3v) is 2.51. The second-order valence-electron chi connectivity index (χ2n) is 3.83. The molecule has 0 spiro atoms. The van der Waals surface area contributed by atoms with Crippen molar-refractivity contribution in [1.29, 1.82) is 0 Å². The van der Waals surface area contributed by atoms with Crippen LogP contribution < -0.4 is 0 Å². The third-order valence-electron chi connectivity index (χ3n) is 2.51. The van der Waals surface area contributed by atoms with Gasteiger partial charge in [-0.15, -0.1) is 0 Å². The Balaban J connectivity index is 3.94. The summed E-state index contributed by atoms with van der Waals surface area (Å²) >= 11 is 0. The minimum Gasteiger partial charge on any atom is -0.299 e. The van der Waals surface area contributed by atoms with E-state index in [0.29, 0.717) is 6.42 Å². The number of Topliss-reactive ketones (excluding diaryl/α,β-unsaturated/α-hetero) is 1. The fourth-order valence-electron chi connectivity index (χ4n) is 1.51. The summed E-state index contributed by atoms with van der Waals surface area (Å²) < 4.78 is 35.6. The maximum Gasteiger partial charge on any atom is 0.389 e. The Labute approximate surface area is 89.0 Å². The minimum absolute atomic E-state index is 0.174. The lowest BCUT2D eigenvalue weighted by molar-refractivity contribution is -0.145. The van der Waals surface area contributed by atoms with Gasteiger partial charge in [0.25, 0.3) is 0 Å². The molecule has 1 nitrogen and oxygen atoms in total. The number of halogens is 3. The van der Waals surface area contributed by atoms with Gasteiger partial charge >= 0.3 is 6.18 Å². The van der Waals surface area contributed by atoms with E-state index in [1.165, 1.54) is 0 Å². The Hall–Kier alpha value is -0.540. The van der Waals surface area contributed by atoms with Crippen molar-refractivity contribution in [3.8, 4) is 0 Å². The van der Waals surface area contributed by atoms with Crippen molar-refractivity contribution in [2.45, 2.75) is 58.5 Å². The first kappa shape index (κ1) is 14.5. The van der Waals surface area contributed by atoms with Gasteiger partial charge in [0.15, 0.2) is 0 Å². The normalized spacial score (nSPS) is 13.9. The van der Waals surface area contributed by atoms with Gasteiger partial charge in [-0.3, -0.25) is 4.79 Å². The molecule has 15 heavy (non-hydrogen) atoms. The fourth-order valence-corrected chi connectivity index (χ4v) is 1.51. The predicted molar refractivity (Wildman–Crippen MR) is 53.6 cm³/mol. The van der Waals surface area contributed by atoms with Crippen LogP contribution in [0.4, 0.5) is 13.2 Å². The first-order chi connectivity index (χ1) is 6.90. The molecule has 0 heterocycles. The minimum atomic E-state index is -4.21. The number of rotatable bonds is 7. The lowest BCUT2D eigenvalue weighted by Crippen LogP contribution is -2.17. The Morgan fingerprint density at radius 1 is 1.27 bits per heavy atom. The van der Waals surface area contributed by atoms with Crippen molar-refractivity contribution in [2.75, 3.05) is 0 Å². The van der Waals surface area contributed by atoms with Gasteiger partial charge in [0.05, 0.1) is 6.42 Å². The smallest absolute Gasteiger partial charge is 0.299 e. The zero-order valence-electron chi connectivity index (χ0n) is 9.36. The summed E-state index contributed by atoms with van der Waals surface area (Å²) in [5, 5.41) is 0. The lowest BCUT2D eigenvalue weighted by atomic mass is 9.92. The van der Waals surface area contributed by atoms with E-state index < -0.39 is 12.6 Å². The number of carbonyl (C=O) groups is 1. The molecule has 0 amide bonds. The second-order valence-corrected chi connectivity index (χ2v) is 3.83. The highest BCUT2D eigenvalue weighted by atomic mass is 19.4. The van der Waals surface area contributed by atoms with E-state index in [-0.39, 0.29) is 18.1 Å². The summed E-state index contributed by atoms with van der Waals surface area (Å²) in [4.78, 5) is 11.4. The first-order valence-electron chi connectivity index (χ1n) is 5.50. The number of unbranched alkanes of at least 4 members (excludes halogenated alkanes) is 1. The van der Waals surface area contributed by atoms with E-state index in [9.17, 15) is 18.0 Å². The van der Waals surface area contributed by atoms with E-state index in [1.54, 1.807) is 0 Å². The number of hydrogen-bond acceptors (Lipinski definition) is 1. The van der Waals surface area contributed by atoms with Crippen LogP contribution in [0.3, 0.4) is 0 Å². The van der Waals surface area contributed by atoms with E-state index in [2.05, 4.69) is 0 Å². The highest BCUT2D eigenvalue weighted by Gasteiger charge is 2.29. The number of carbonyl (C=O) groups excluding carboxylic acids is 1. The molecule has 0 aliphatic rings. The van der Waals surface area contributed by atoms with Crippen LogP contribution >= 0.6 is 0 Å². The number of alkyl halides is 3. The van der Waals surface area contributed by atoms with E-state index in [0.717, 1.165) is 19.3 Å². The first-order valence-corrected chi connectivity index (χ1v) is 5.50. The highest BCUT2D eigenvalue weighted by Crippen LogP contribution is 2.24. The van der Waals surface area contributed by atoms with Crippen LogP contribution in [0.15, 0.2) is 0 Å². The van der Waals surface area contributed by atoms with Gasteiger partial charge in [-0.05, 0) is 12.8 Å². The molecule has 90 valence electrons. The summed E-state index contributed by atoms with van der Waals surface area (Å²) in [5.74, 6) is -0.407. The van der Waals surface area contributed by atoms with E-state index >= 15 is 0 Å². The number of hydrogen-bond donors (Lipinski definition) is 0. The summed E-state index contributed by atoms with van der Waals surface area (Å²) in [6.45, 7) is 3.86. The predicted octanol–water partition coefficient (Wildman–Crippen LogP) is 4.11. The SMILES string of the molecule is CCCCC(CC)C(=O)CCC(F)(F)F. The molecule has 0 rings (SSSR count). The fraction of sp³-hybridized carbons (Fsp3) is 0.909. The molecular formula is C11H19F3O. The summed E-state index contributed by atoms with van der Waals surface area (Å²) in [6, 6.07) is 0. The highest BCUT2D eigenvalue weighted by molar-refractivity contribution is 5.80. The van der Waals surface area contributed by atoms with Crippen LogP contribution in [0, 0.1) is 5.92 Å². The second kappa shape index (κ2) is 6.85. The van der Waals surface area contributed by atoms with E-state index in [1.807, 2.05) is 13.8 Å². The van der Waals surface area contributed by atoms with Crippen molar-refractivity contribution < 1.29 is 18.0 Å². The van der Waals surface area contributed by atoms with Gasteiger partial charge in [-0.25, -0.2) is 0 Å². The van der Waals surface area contributed by atoms with Crippen LogP contribution in [-0.4, -0.2) is 12.0 Å². The molecule has 0 radical (unpaired) electrons. The quantitative estimate of drug-likeness (QED) is 0.636. The van der Waals surface area contributed by atoms with Crippen LogP contribution in [0.2, 0.25) is 0 Å². The monoisotopic (exact) mass is 224 g/mol. The van der Waals surface area contributed by atoms with E-state index in [4.69, 9.17) is 0 Å². The Morgan fingerprint density at radius 3 is 2.27 bits per heavy atom. The standard InChI is InChI=1S/C11H19F3O/c1-3-5-6-9(4-2)10(15)7-8-11(12,13)14/h9H,3-8H2,1-2H3. The van der Waals surface area contributed by atoms with Crippen LogP contribution in [-0.2, 0) is 4.79 Å². The zero-order valence-corrected chi connectivity index (χ0v) is 9.36. The van der Waals surface area contributed by atoms with Gasteiger partial charge in [0.2, 0.25) is 0 Å². The Morgan fingerprint density at radius 2 is 1.87 bits per heavy atom. The number of ketones is 1. The molecule has 0 aromatic heterocycles. The van der Waals surface area contributed by atoms with Gasteiger partial charge in [0, 0.05) is 12.3 Å². The molecule has 0 bridgehead atoms. The molecule has 0 saturated heterocycles. The average Bonchev–Trinajstić information content (AvgIpc) is 2.15. The van der Waals surface area contributed by atoms with Crippen molar-refractivity contribution in [3.63, 3.8) is 0 Å². The topological polar surface area (TPSA) is 17.1 Å². The maximum absolute atomic E-state index is 11.9. The molecule has 1 unspecified atom stereocenters. The van der Waals surface area contributed by atoms with Crippen molar-refractivity contribution in [2.24, 2.45) is 5.92 Å².